The summed E-state index contributed by atoms with van der Waals surface area (Å²) in [5.41, 5.74) is 0. The van der Waals surface area contributed by atoms with E-state index < -0.39 is 25.0 Å². The molecule has 0 saturated carbocycles. The molecule has 32 valence electrons. The second-order valence-electron chi connectivity index (χ2n) is 0.925. The van der Waals surface area contributed by atoms with Gasteiger partial charge in [0.1, 0.15) is 0 Å². The van der Waals surface area contributed by atoms with Crippen LogP contribution in [0, 0.1) is 0 Å². The molecular weight excluding hydrogens is 269 g/mol. The van der Waals surface area contributed by atoms with Crippen molar-refractivity contribution in [3.8, 4) is 0 Å². The molecule has 6 heavy (non-hydrogen) atoms. The molecule has 0 aliphatic carbocycles. The van der Waals surface area contributed by atoms with Crippen LogP contribution >= 0.6 is 0 Å². The van der Waals surface area contributed by atoms with Crippen LogP contribution < -0.4 is 0 Å². The van der Waals surface area contributed by atoms with E-state index in [4.69, 9.17) is 0 Å². The van der Waals surface area contributed by atoms with Crippen LogP contribution in [0.4, 0.5) is 0 Å². The molecule has 0 rings (SSSR count). The summed E-state index contributed by atoms with van der Waals surface area (Å²) >= 11 is -1.06. The molecule has 3 heteroatoms. The van der Waals surface area contributed by atoms with Crippen molar-refractivity contribution in [3.63, 3.8) is 0 Å². The second kappa shape index (κ2) is 3.59. The van der Waals surface area contributed by atoms with E-state index >= 15 is 0 Å². The van der Waals surface area contributed by atoms with E-state index in [1.165, 1.54) is 6.92 Å². The Morgan fingerprint density at radius 1 is 1.83 bits per heavy atom. The van der Waals surface area contributed by atoms with Gasteiger partial charge in [0.15, 0.2) is 0 Å². The quantitative estimate of drug-likeness (QED) is 0.655. The monoisotopic (exact) mass is 276 g/mol. The molecule has 0 amide bonds. The third-order valence-electron chi connectivity index (χ3n) is 0.348. The molecule has 0 bridgehead atoms. The standard InChI is InChI=1S/C2H4O2.CH3.Hg/c1-2(3)4;;/h1H3,(H,3,4);1H3;/q;;+1/p-1. The van der Waals surface area contributed by atoms with Gasteiger partial charge in [-0.1, -0.05) is 0 Å². The van der Waals surface area contributed by atoms with Crippen molar-refractivity contribution < 1.29 is 32.5 Å². The first-order valence-electron chi connectivity index (χ1n) is 1.90. The molecular formula is C3H6HgO2. The molecule has 0 unspecified atom stereocenters. The Labute approximate surface area is 50.0 Å². The van der Waals surface area contributed by atoms with Crippen LogP contribution in [0.1, 0.15) is 6.92 Å². The van der Waals surface area contributed by atoms with Gasteiger partial charge in [-0.3, -0.25) is 0 Å². The molecule has 0 fully saturated rings. The van der Waals surface area contributed by atoms with Crippen molar-refractivity contribution in [1.82, 2.24) is 0 Å². The van der Waals surface area contributed by atoms with Gasteiger partial charge in [0, 0.05) is 0 Å². The zero-order valence-corrected chi connectivity index (χ0v) is 9.52. The normalized spacial score (nSPS) is 6.33. The number of hydrogen-bond donors (Lipinski definition) is 0. The van der Waals surface area contributed by atoms with Crippen LogP contribution in [0.15, 0.2) is 0 Å². The third-order valence-corrected chi connectivity index (χ3v) is 3.05. The molecule has 2 nitrogen and oxygen atoms in total. The molecule has 0 aromatic rings. The first kappa shape index (κ1) is 6.41. The molecule has 0 aromatic heterocycles. The minimum atomic E-state index is -1.06. The SMILES string of the molecule is [CH3][Hg][O]C(C)=O. The van der Waals surface area contributed by atoms with Crippen molar-refractivity contribution in [1.29, 1.82) is 0 Å². The first-order valence-corrected chi connectivity index (χ1v) is 9.65. The van der Waals surface area contributed by atoms with Gasteiger partial charge in [-0.05, 0) is 0 Å². The summed E-state index contributed by atoms with van der Waals surface area (Å²) in [6.45, 7) is 1.45. The van der Waals surface area contributed by atoms with E-state index in [1.54, 1.807) is 0 Å². The van der Waals surface area contributed by atoms with E-state index in [0.717, 1.165) is 0 Å². The molecule has 0 aliphatic rings. The average molecular weight is 275 g/mol. The second-order valence-corrected chi connectivity index (χ2v) is 4.29. The maximum atomic E-state index is 9.88. The number of carbonyl (C=O) groups excluding carboxylic acids is 1. The Balaban J connectivity index is 2.83. The summed E-state index contributed by atoms with van der Waals surface area (Å²) in [5.74, 6) is -0.112. The van der Waals surface area contributed by atoms with E-state index in [-0.39, 0.29) is 5.97 Å². The molecule has 0 saturated heterocycles. The predicted molar refractivity (Wildman–Crippen MR) is 17.6 cm³/mol. The van der Waals surface area contributed by atoms with Crippen LogP contribution in [-0.2, 0) is 32.5 Å². The molecule has 0 aliphatic heterocycles. The molecule has 0 heterocycles. The van der Waals surface area contributed by atoms with Gasteiger partial charge in [0.25, 0.3) is 0 Å². The van der Waals surface area contributed by atoms with Gasteiger partial charge in [-0.15, -0.1) is 0 Å². The zero-order valence-electron chi connectivity index (χ0n) is 4.02. The van der Waals surface area contributed by atoms with Gasteiger partial charge in [-0.25, -0.2) is 0 Å². The van der Waals surface area contributed by atoms with Crippen LogP contribution in [0.25, 0.3) is 0 Å². The van der Waals surface area contributed by atoms with Crippen molar-refractivity contribution in [2.75, 3.05) is 0 Å². The number of hydrogen-bond acceptors (Lipinski definition) is 2. The van der Waals surface area contributed by atoms with Crippen LogP contribution in [-0.4, -0.2) is 5.97 Å². The van der Waals surface area contributed by atoms with Crippen molar-refractivity contribution in [2.45, 2.75) is 11.4 Å². The van der Waals surface area contributed by atoms with Crippen LogP contribution in [0.2, 0.25) is 4.43 Å². The van der Waals surface area contributed by atoms with E-state index in [0.29, 0.717) is 0 Å². The average Bonchev–Trinajstić information content (AvgIpc) is 1.35. The summed E-state index contributed by atoms with van der Waals surface area (Å²) in [6, 6.07) is 0. The van der Waals surface area contributed by atoms with E-state index in [1.807, 2.05) is 4.43 Å². The Kier molecular flexibility index (Phi) is 3.83. The van der Waals surface area contributed by atoms with E-state index in [9.17, 15) is 4.79 Å². The van der Waals surface area contributed by atoms with E-state index in [2.05, 4.69) is 2.64 Å². The topological polar surface area (TPSA) is 26.3 Å². The van der Waals surface area contributed by atoms with Crippen LogP contribution in [0.5, 0.6) is 0 Å². The maximum absolute atomic E-state index is 9.88. The van der Waals surface area contributed by atoms with Crippen molar-refractivity contribution in [3.05, 3.63) is 0 Å². The third kappa shape index (κ3) is 4.41. The zero-order chi connectivity index (χ0) is 4.99. The van der Waals surface area contributed by atoms with Gasteiger partial charge in [0.2, 0.25) is 0 Å². The summed E-state index contributed by atoms with van der Waals surface area (Å²) in [5, 5.41) is 0. The Morgan fingerprint density at radius 3 is 2.33 bits per heavy atom. The Hall–Kier alpha value is 0.405. The van der Waals surface area contributed by atoms with Crippen LogP contribution in [0.3, 0.4) is 0 Å². The minimum absolute atomic E-state index is 0.112. The summed E-state index contributed by atoms with van der Waals surface area (Å²) < 4.78 is 6.63. The Bertz CT molecular complexity index is 52.8. The molecule has 0 N–H and O–H groups in total. The number of carbonyl (C=O) groups is 1. The molecule has 0 spiro atoms. The molecule has 0 radical (unpaired) electrons. The van der Waals surface area contributed by atoms with Crippen molar-refractivity contribution >= 4 is 5.97 Å². The first-order chi connectivity index (χ1) is 2.77. The van der Waals surface area contributed by atoms with Crippen molar-refractivity contribution in [2.24, 2.45) is 0 Å². The summed E-state index contributed by atoms with van der Waals surface area (Å²) in [6.07, 6.45) is 0. The fourth-order valence-electron chi connectivity index (χ4n) is 0.203. The summed E-state index contributed by atoms with van der Waals surface area (Å²) in [7, 11) is 0. The fraction of sp³-hybridized carbons (Fsp3) is 0.667. The van der Waals surface area contributed by atoms with Gasteiger partial charge < -0.3 is 0 Å². The fourth-order valence-corrected chi connectivity index (χ4v) is 1.78. The Morgan fingerprint density at radius 2 is 2.33 bits per heavy atom. The van der Waals surface area contributed by atoms with Gasteiger partial charge in [-0.2, -0.15) is 0 Å². The van der Waals surface area contributed by atoms with Gasteiger partial charge >= 0.3 is 49.8 Å². The van der Waals surface area contributed by atoms with Gasteiger partial charge in [0.05, 0.1) is 0 Å². The molecule has 0 aromatic carbocycles. The number of rotatable bonds is 1. The predicted octanol–water partition coefficient (Wildman–Crippen LogP) is 0.595. The summed E-state index contributed by atoms with van der Waals surface area (Å²) in [4.78, 5) is 9.88. The molecule has 0 atom stereocenters.